The number of fused-ring (bicyclic) bond motifs is 5. The molecule has 1 aromatic carbocycles. The first-order valence-corrected chi connectivity index (χ1v) is 9.55. The van der Waals surface area contributed by atoms with Crippen molar-refractivity contribution in [3.63, 3.8) is 0 Å². The summed E-state index contributed by atoms with van der Waals surface area (Å²) in [6.07, 6.45) is 0.946. The van der Waals surface area contributed by atoms with Crippen LogP contribution in [0.5, 0.6) is 0 Å². The van der Waals surface area contributed by atoms with Gasteiger partial charge in [-0.25, -0.2) is 4.90 Å². The SMILES string of the molecule is Cc1ccc(N2C(=O)[C@@H]3[C@H]4C[C@@H]([C@H](Br)[C@H]4Br)[C@@H]3C2=O)cc1Cl. The molecule has 1 saturated heterocycles. The highest BCUT2D eigenvalue weighted by atomic mass is 79.9. The zero-order valence-corrected chi connectivity index (χ0v) is 15.7. The third kappa shape index (κ3) is 1.85. The molecule has 3 nitrogen and oxygen atoms in total. The van der Waals surface area contributed by atoms with E-state index in [0.29, 0.717) is 10.7 Å². The van der Waals surface area contributed by atoms with Crippen LogP contribution in [0, 0.1) is 30.6 Å². The molecule has 1 heterocycles. The fourth-order valence-corrected chi connectivity index (χ4v) is 6.37. The van der Waals surface area contributed by atoms with Crippen molar-refractivity contribution < 1.29 is 9.59 Å². The molecule has 0 spiro atoms. The van der Waals surface area contributed by atoms with E-state index < -0.39 is 0 Å². The predicted molar refractivity (Wildman–Crippen MR) is 92.7 cm³/mol. The van der Waals surface area contributed by atoms with Gasteiger partial charge < -0.3 is 0 Å². The zero-order chi connectivity index (χ0) is 15.8. The Morgan fingerprint density at radius 2 is 1.64 bits per heavy atom. The molecule has 2 bridgehead atoms. The van der Waals surface area contributed by atoms with Crippen molar-refractivity contribution >= 4 is 61.0 Å². The van der Waals surface area contributed by atoms with E-state index in [1.165, 1.54) is 4.90 Å². The van der Waals surface area contributed by atoms with Crippen LogP contribution in [-0.4, -0.2) is 21.5 Å². The Hall–Kier alpha value is -0.390. The normalized spacial score (nSPS) is 39.7. The van der Waals surface area contributed by atoms with E-state index in [-0.39, 0.29) is 45.1 Å². The van der Waals surface area contributed by atoms with Crippen LogP contribution in [0.15, 0.2) is 18.2 Å². The number of rotatable bonds is 1. The summed E-state index contributed by atoms with van der Waals surface area (Å²) < 4.78 is 0. The van der Waals surface area contributed by atoms with Crippen molar-refractivity contribution in [2.24, 2.45) is 23.7 Å². The Labute approximate surface area is 150 Å². The van der Waals surface area contributed by atoms with Crippen molar-refractivity contribution in [2.75, 3.05) is 4.90 Å². The monoisotopic (exact) mass is 445 g/mol. The first kappa shape index (κ1) is 15.2. The lowest BCUT2D eigenvalue weighted by Crippen LogP contribution is -2.37. The quantitative estimate of drug-likeness (QED) is 0.483. The number of carbonyl (C=O) groups excluding carboxylic acids is 2. The molecule has 0 unspecified atom stereocenters. The summed E-state index contributed by atoms with van der Waals surface area (Å²) >= 11 is 13.5. The van der Waals surface area contributed by atoms with E-state index in [1.54, 1.807) is 12.1 Å². The minimum absolute atomic E-state index is 0.0636. The molecule has 2 saturated carbocycles. The fourth-order valence-electron chi connectivity index (χ4n) is 4.32. The van der Waals surface area contributed by atoms with Crippen LogP contribution in [0.3, 0.4) is 0 Å². The Kier molecular flexibility index (Phi) is 3.48. The molecular weight excluding hydrogens is 433 g/mol. The Bertz CT molecular complexity index is 663. The van der Waals surface area contributed by atoms with Crippen LogP contribution >= 0.6 is 43.5 Å². The lowest BCUT2D eigenvalue weighted by atomic mass is 9.81. The molecule has 3 fully saturated rings. The number of amides is 2. The van der Waals surface area contributed by atoms with Crippen molar-refractivity contribution in [1.82, 2.24) is 0 Å². The molecule has 2 amide bonds. The second-order valence-corrected chi connectivity index (χ2v) is 8.97. The number of hydrogen-bond acceptors (Lipinski definition) is 2. The van der Waals surface area contributed by atoms with Crippen LogP contribution in [0.1, 0.15) is 12.0 Å². The second-order valence-electron chi connectivity index (χ2n) is 6.45. The number of hydrogen-bond donors (Lipinski definition) is 0. The number of benzene rings is 1. The number of halogens is 3. The van der Waals surface area contributed by atoms with Crippen LogP contribution in [-0.2, 0) is 9.59 Å². The largest absolute Gasteiger partial charge is 0.274 e. The topological polar surface area (TPSA) is 37.4 Å². The van der Waals surface area contributed by atoms with E-state index >= 15 is 0 Å². The van der Waals surface area contributed by atoms with Gasteiger partial charge in [0.2, 0.25) is 11.8 Å². The average molecular weight is 448 g/mol. The smallest absolute Gasteiger partial charge is 0.238 e. The second kappa shape index (κ2) is 5.05. The third-order valence-corrected chi connectivity index (χ3v) is 9.01. The predicted octanol–water partition coefficient (Wildman–Crippen LogP) is 3.93. The summed E-state index contributed by atoms with van der Waals surface area (Å²) in [5, 5.41) is 0.579. The van der Waals surface area contributed by atoms with Crippen LogP contribution in [0.4, 0.5) is 5.69 Å². The summed E-state index contributed by atoms with van der Waals surface area (Å²) in [6.45, 7) is 1.90. The summed E-state index contributed by atoms with van der Waals surface area (Å²) in [6, 6.07) is 5.37. The van der Waals surface area contributed by atoms with Crippen molar-refractivity contribution in [3.05, 3.63) is 28.8 Å². The summed E-state index contributed by atoms with van der Waals surface area (Å²) in [4.78, 5) is 27.6. The maximum Gasteiger partial charge on any atom is 0.238 e. The molecule has 116 valence electrons. The van der Waals surface area contributed by atoms with Gasteiger partial charge in [-0.05, 0) is 42.9 Å². The summed E-state index contributed by atoms with van der Waals surface area (Å²) in [5.74, 6) is -0.0208. The van der Waals surface area contributed by atoms with Crippen molar-refractivity contribution in [1.29, 1.82) is 0 Å². The fraction of sp³-hybridized carbons (Fsp3) is 0.500. The number of nitrogens with zero attached hydrogens (tertiary/aromatic N) is 1. The minimum Gasteiger partial charge on any atom is -0.274 e. The first-order chi connectivity index (χ1) is 10.4. The van der Waals surface area contributed by atoms with Gasteiger partial charge in [0.15, 0.2) is 0 Å². The van der Waals surface area contributed by atoms with E-state index in [4.69, 9.17) is 11.6 Å². The van der Waals surface area contributed by atoms with Gasteiger partial charge in [-0.1, -0.05) is 49.5 Å². The molecule has 0 aromatic heterocycles. The number of anilines is 1. The molecule has 4 rings (SSSR count). The lowest BCUT2D eigenvalue weighted by molar-refractivity contribution is -0.123. The lowest BCUT2D eigenvalue weighted by Gasteiger charge is -2.28. The van der Waals surface area contributed by atoms with Gasteiger partial charge in [0.1, 0.15) is 0 Å². The van der Waals surface area contributed by atoms with Gasteiger partial charge in [-0.2, -0.15) is 0 Å². The molecule has 2 aliphatic carbocycles. The molecule has 1 aliphatic heterocycles. The number of imide groups is 1. The zero-order valence-electron chi connectivity index (χ0n) is 11.8. The van der Waals surface area contributed by atoms with Gasteiger partial charge in [0.25, 0.3) is 0 Å². The Morgan fingerprint density at radius 3 is 2.14 bits per heavy atom. The van der Waals surface area contributed by atoms with E-state index in [9.17, 15) is 9.59 Å². The minimum atomic E-state index is -0.184. The standard InChI is InChI=1S/C16H14Br2ClNO2/c1-6-2-3-7(4-10(6)19)20-15(21)11-8-5-9(12(11)16(20)22)14(18)13(8)17/h2-4,8-9,11-14H,5H2,1H3/t8-,9-,11-,12+,13+,14+/m1/s1. The van der Waals surface area contributed by atoms with Gasteiger partial charge in [0, 0.05) is 14.7 Å². The Morgan fingerprint density at radius 1 is 1.09 bits per heavy atom. The highest BCUT2D eigenvalue weighted by Crippen LogP contribution is 2.60. The summed E-state index contributed by atoms with van der Waals surface area (Å²) in [5.41, 5.74) is 1.53. The third-order valence-electron chi connectivity index (χ3n) is 5.40. The molecule has 6 atom stereocenters. The van der Waals surface area contributed by atoms with Crippen LogP contribution < -0.4 is 4.90 Å². The van der Waals surface area contributed by atoms with E-state index in [1.807, 2.05) is 13.0 Å². The number of carbonyl (C=O) groups is 2. The van der Waals surface area contributed by atoms with Gasteiger partial charge in [-0.15, -0.1) is 0 Å². The highest BCUT2D eigenvalue weighted by molar-refractivity contribution is 9.12. The first-order valence-electron chi connectivity index (χ1n) is 7.34. The van der Waals surface area contributed by atoms with Crippen LogP contribution in [0.25, 0.3) is 0 Å². The molecule has 3 aliphatic rings. The maximum absolute atomic E-state index is 12.9. The van der Waals surface area contributed by atoms with Gasteiger partial charge in [0.05, 0.1) is 17.5 Å². The highest BCUT2D eigenvalue weighted by Gasteiger charge is 2.66. The number of alkyl halides is 2. The number of aryl methyl sites for hydroxylation is 1. The van der Waals surface area contributed by atoms with E-state index in [0.717, 1.165) is 12.0 Å². The molecule has 6 heteroatoms. The van der Waals surface area contributed by atoms with Crippen molar-refractivity contribution in [3.8, 4) is 0 Å². The van der Waals surface area contributed by atoms with Crippen molar-refractivity contribution in [2.45, 2.75) is 23.0 Å². The molecule has 0 N–H and O–H groups in total. The van der Waals surface area contributed by atoms with Gasteiger partial charge in [-0.3, -0.25) is 9.59 Å². The van der Waals surface area contributed by atoms with Crippen LogP contribution in [0.2, 0.25) is 5.02 Å². The summed E-state index contributed by atoms with van der Waals surface area (Å²) in [7, 11) is 0. The molecular formula is C16H14Br2ClNO2. The molecule has 0 radical (unpaired) electrons. The Balaban J connectivity index is 1.74. The maximum atomic E-state index is 12.9. The van der Waals surface area contributed by atoms with E-state index in [2.05, 4.69) is 31.9 Å². The average Bonchev–Trinajstić information content (AvgIpc) is 3.08. The molecule has 22 heavy (non-hydrogen) atoms. The van der Waals surface area contributed by atoms with Gasteiger partial charge >= 0.3 is 0 Å². The molecule has 1 aromatic rings.